The number of nitrogens with two attached hydrogens (primary N) is 1. The standard InChI is InChI=1S/C23H24N2O8/c1-14(26)32-19-11-5-3-8-16(19)21(28)25(18(23(30)31)10-7-13-24)22(29)17-9-4-6-12-20(17)33-15(2)27/h3-6,8-9,11-12,18H,7,10,13,24H2,1-2H3,(H,30,31). The SMILES string of the molecule is CC(=O)Oc1ccccc1C(=O)N(C(=O)c1ccccc1OC(C)=O)C(CCCN)C(=O)O. The quantitative estimate of drug-likeness (QED) is 0.328. The maximum absolute atomic E-state index is 13.5. The Morgan fingerprint density at radius 1 is 0.848 bits per heavy atom. The molecule has 0 aliphatic carbocycles. The van der Waals surface area contributed by atoms with Crippen LogP contribution in [0.5, 0.6) is 11.5 Å². The number of carboxylic acids is 1. The summed E-state index contributed by atoms with van der Waals surface area (Å²) in [5.41, 5.74) is 5.13. The first-order valence-electron chi connectivity index (χ1n) is 10.0. The molecule has 2 aromatic rings. The molecule has 0 spiro atoms. The van der Waals surface area contributed by atoms with E-state index >= 15 is 0 Å². The van der Waals surface area contributed by atoms with Crippen molar-refractivity contribution in [3.8, 4) is 11.5 Å². The molecule has 0 aromatic heterocycles. The van der Waals surface area contributed by atoms with Crippen molar-refractivity contribution in [2.24, 2.45) is 5.73 Å². The monoisotopic (exact) mass is 456 g/mol. The Labute approximate surface area is 189 Å². The summed E-state index contributed by atoms with van der Waals surface area (Å²) in [7, 11) is 0. The summed E-state index contributed by atoms with van der Waals surface area (Å²) in [4.78, 5) is 62.6. The zero-order chi connectivity index (χ0) is 24.5. The van der Waals surface area contributed by atoms with Crippen LogP contribution in [0.1, 0.15) is 47.4 Å². The van der Waals surface area contributed by atoms with Crippen LogP contribution in [0.25, 0.3) is 0 Å². The van der Waals surface area contributed by atoms with E-state index < -0.39 is 35.8 Å². The number of carboxylic acid groups (broad SMARTS) is 1. The molecule has 0 radical (unpaired) electrons. The Hall–Kier alpha value is -4.05. The average Bonchev–Trinajstić information content (AvgIpc) is 2.75. The number of nitrogens with zero attached hydrogens (tertiary/aromatic N) is 1. The summed E-state index contributed by atoms with van der Waals surface area (Å²) >= 11 is 0. The minimum absolute atomic E-state index is 0.116. The largest absolute Gasteiger partial charge is 0.480 e. The van der Waals surface area contributed by atoms with E-state index in [0.717, 1.165) is 13.8 Å². The molecule has 33 heavy (non-hydrogen) atoms. The highest BCUT2D eigenvalue weighted by atomic mass is 16.5. The lowest BCUT2D eigenvalue weighted by molar-refractivity contribution is -0.142. The van der Waals surface area contributed by atoms with Crippen LogP contribution in [-0.4, -0.2) is 52.3 Å². The molecule has 0 aliphatic heterocycles. The Balaban J connectivity index is 2.64. The van der Waals surface area contributed by atoms with Crippen LogP contribution in [0.2, 0.25) is 0 Å². The summed E-state index contributed by atoms with van der Waals surface area (Å²) < 4.78 is 10.1. The fourth-order valence-corrected chi connectivity index (χ4v) is 3.08. The Morgan fingerprint density at radius 3 is 1.64 bits per heavy atom. The van der Waals surface area contributed by atoms with Crippen molar-refractivity contribution in [2.45, 2.75) is 32.7 Å². The number of hydrogen-bond donors (Lipinski definition) is 2. The normalized spacial score (nSPS) is 11.2. The molecule has 0 saturated carbocycles. The van der Waals surface area contributed by atoms with Crippen molar-refractivity contribution in [2.75, 3.05) is 6.54 Å². The number of ether oxygens (including phenoxy) is 2. The van der Waals surface area contributed by atoms with Crippen LogP contribution in [0.3, 0.4) is 0 Å². The first kappa shape index (κ1) is 25.2. The van der Waals surface area contributed by atoms with E-state index in [9.17, 15) is 29.1 Å². The van der Waals surface area contributed by atoms with E-state index in [4.69, 9.17) is 15.2 Å². The molecular formula is C23H24N2O8. The first-order valence-corrected chi connectivity index (χ1v) is 10.0. The number of rotatable bonds is 9. The van der Waals surface area contributed by atoms with Gasteiger partial charge in [-0.2, -0.15) is 0 Å². The van der Waals surface area contributed by atoms with Gasteiger partial charge in [-0.05, 0) is 43.7 Å². The molecule has 174 valence electrons. The minimum Gasteiger partial charge on any atom is -0.480 e. The molecule has 0 fully saturated rings. The summed E-state index contributed by atoms with van der Waals surface area (Å²) in [5, 5.41) is 9.83. The highest BCUT2D eigenvalue weighted by Crippen LogP contribution is 2.27. The molecule has 3 N–H and O–H groups in total. The molecule has 0 heterocycles. The Morgan fingerprint density at radius 2 is 1.27 bits per heavy atom. The van der Waals surface area contributed by atoms with E-state index in [0.29, 0.717) is 4.90 Å². The fraction of sp³-hybridized carbons (Fsp3) is 0.261. The van der Waals surface area contributed by atoms with Gasteiger partial charge in [0.15, 0.2) is 0 Å². The molecule has 10 heteroatoms. The Bertz CT molecular complexity index is 994. The van der Waals surface area contributed by atoms with E-state index in [1.807, 2.05) is 0 Å². The van der Waals surface area contributed by atoms with Crippen molar-refractivity contribution in [1.82, 2.24) is 4.90 Å². The zero-order valence-electron chi connectivity index (χ0n) is 18.1. The van der Waals surface area contributed by atoms with Gasteiger partial charge in [0.25, 0.3) is 11.8 Å². The van der Waals surface area contributed by atoms with Crippen LogP contribution in [0.4, 0.5) is 0 Å². The summed E-state index contributed by atoms with van der Waals surface area (Å²) in [6.07, 6.45) is 0.0972. The van der Waals surface area contributed by atoms with Crippen molar-refractivity contribution >= 4 is 29.7 Å². The van der Waals surface area contributed by atoms with Crippen LogP contribution >= 0.6 is 0 Å². The van der Waals surface area contributed by atoms with Crippen LogP contribution in [-0.2, 0) is 14.4 Å². The van der Waals surface area contributed by atoms with Gasteiger partial charge in [-0.3, -0.25) is 24.1 Å². The third-order valence-electron chi connectivity index (χ3n) is 4.46. The van der Waals surface area contributed by atoms with E-state index in [1.165, 1.54) is 48.5 Å². The number of carbonyl (C=O) groups is 5. The molecule has 2 aromatic carbocycles. The zero-order valence-corrected chi connectivity index (χ0v) is 18.1. The van der Waals surface area contributed by atoms with E-state index in [1.54, 1.807) is 0 Å². The van der Waals surface area contributed by atoms with Crippen molar-refractivity contribution in [3.63, 3.8) is 0 Å². The number of carbonyl (C=O) groups excluding carboxylic acids is 4. The molecular weight excluding hydrogens is 432 g/mol. The molecule has 1 unspecified atom stereocenters. The fourth-order valence-electron chi connectivity index (χ4n) is 3.08. The highest BCUT2D eigenvalue weighted by Gasteiger charge is 2.37. The highest BCUT2D eigenvalue weighted by molar-refractivity contribution is 6.14. The molecule has 2 amide bonds. The van der Waals surface area contributed by atoms with Gasteiger partial charge in [-0.25, -0.2) is 4.79 Å². The van der Waals surface area contributed by atoms with Gasteiger partial charge in [0.05, 0.1) is 11.1 Å². The van der Waals surface area contributed by atoms with Gasteiger partial charge in [0.2, 0.25) is 0 Å². The summed E-state index contributed by atoms with van der Waals surface area (Å²) in [5.74, 6) is -5.11. The molecule has 0 bridgehead atoms. The van der Waals surface area contributed by atoms with Crippen molar-refractivity contribution < 1.29 is 38.6 Å². The number of imide groups is 1. The smallest absolute Gasteiger partial charge is 0.326 e. The molecule has 0 aliphatic rings. The third-order valence-corrected chi connectivity index (χ3v) is 4.46. The third kappa shape index (κ3) is 6.47. The number of para-hydroxylation sites is 2. The first-order chi connectivity index (χ1) is 15.7. The molecule has 10 nitrogen and oxygen atoms in total. The predicted octanol–water partition coefficient (Wildman–Crippen LogP) is 2.01. The lowest BCUT2D eigenvalue weighted by atomic mass is 10.0. The van der Waals surface area contributed by atoms with Gasteiger partial charge in [-0.15, -0.1) is 0 Å². The number of hydrogen-bond acceptors (Lipinski definition) is 8. The van der Waals surface area contributed by atoms with Gasteiger partial charge in [-0.1, -0.05) is 24.3 Å². The van der Waals surface area contributed by atoms with Gasteiger partial charge >= 0.3 is 17.9 Å². The summed E-state index contributed by atoms with van der Waals surface area (Å²) in [6, 6.07) is 9.71. The Kier molecular flexibility index (Phi) is 8.81. The number of aliphatic carboxylic acids is 1. The molecule has 1 atom stereocenters. The van der Waals surface area contributed by atoms with Crippen LogP contribution in [0.15, 0.2) is 48.5 Å². The maximum atomic E-state index is 13.5. The minimum atomic E-state index is -1.58. The topological polar surface area (TPSA) is 153 Å². The lowest BCUT2D eigenvalue weighted by Crippen LogP contribution is -2.49. The van der Waals surface area contributed by atoms with E-state index in [2.05, 4.69) is 0 Å². The van der Waals surface area contributed by atoms with E-state index in [-0.39, 0.29) is 42.0 Å². The number of amides is 2. The second-order valence-corrected chi connectivity index (χ2v) is 6.94. The predicted molar refractivity (Wildman–Crippen MR) is 116 cm³/mol. The number of esters is 2. The van der Waals surface area contributed by atoms with Gasteiger partial charge < -0.3 is 20.3 Å². The second kappa shape index (κ2) is 11.5. The average molecular weight is 456 g/mol. The van der Waals surface area contributed by atoms with Gasteiger partial charge in [0, 0.05) is 13.8 Å². The van der Waals surface area contributed by atoms with Crippen molar-refractivity contribution in [3.05, 3.63) is 59.7 Å². The van der Waals surface area contributed by atoms with Gasteiger partial charge in [0.1, 0.15) is 17.5 Å². The van der Waals surface area contributed by atoms with Crippen molar-refractivity contribution in [1.29, 1.82) is 0 Å². The maximum Gasteiger partial charge on any atom is 0.326 e. The second-order valence-electron chi connectivity index (χ2n) is 6.94. The van der Waals surface area contributed by atoms with Crippen LogP contribution < -0.4 is 15.2 Å². The van der Waals surface area contributed by atoms with Crippen LogP contribution in [0, 0.1) is 0 Å². The number of benzene rings is 2. The summed E-state index contributed by atoms with van der Waals surface area (Å²) in [6.45, 7) is 2.41. The lowest BCUT2D eigenvalue weighted by Gasteiger charge is -2.28. The molecule has 2 rings (SSSR count). The molecule has 0 saturated heterocycles.